The Morgan fingerprint density at radius 3 is 1.86 bits per heavy atom. The van der Waals surface area contributed by atoms with Crippen molar-refractivity contribution in [2.24, 2.45) is 0 Å². The first-order valence-corrected chi connectivity index (χ1v) is 6.83. The highest BCUT2D eigenvalue weighted by atomic mass is 16.4. The SMILES string of the molecule is Cc1cccc(C)c1C(=O)c1c(C)cccc1CC(=O)O. The van der Waals surface area contributed by atoms with Gasteiger partial charge in [0.15, 0.2) is 5.78 Å². The molecule has 0 heterocycles. The molecule has 3 nitrogen and oxygen atoms in total. The number of hydrogen-bond donors (Lipinski definition) is 1. The third kappa shape index (κ3) is 3.02. The minimum atomic E-state index is -0.934. The summed E-state index contributed by atoms with van der Waals surface area (Å²) in [5, 5.41) is 9.03. The van der Waals surface area contributed by atoms with E-state index in [1.54, 1.807) is 12.1 Å². The van der Waals surface area contributed by atoms with Crippen molar-refractivity contribution in [2.75, 3.05) is 0 Å². The summed E-state index contributed by atoms with van der Waals surface area (Å²) in [4.78, 5) is 23.9. The van der Waals surface area contributed by atoms with Gasteiger partial charge in [0.25, 0.3) is 0 Å². The number of carboxylic acids is 1. The molecule has 2 aromatic rings. The van der Waals surface area contributed by atoms with Crippen molar-refractivity contribution in [3.8, 4) is 0 Å². The molecule has 0 fully saturated rings. The molecular weight excluding hydrogens is 264 g/mol. The van der Waals surface area contributed by atoms with E-state index in [1.807, 2.05) is 45.0 Å². The molecule has 0 aromatic heterocycles. The van der Waals surface area contributed by atoms with Crippen LogP contribution in [-0.4, -0.2) is 16.9 Å². The second-order valence-corrected chi connectivity index (χ2v) is 5.28. The number of carboxylic acid groups (broad SMARTS) is 1. The Labute approximate surface area is 124 Å². The van der Waals surface area contributed by atoms with Crippen molar-refractivity contribution in [3.05, 3.63) is 69.8 Å². The molecule has 0 spiro atoms. The molecule has 2 rings (SSSR count). The first-order valence-electron chi connectivity index (χ1n) is 6.83. The standard InChI is InChI=1S/C18H18O3/c1-11-6-4-7-12(2)16(11)18(21)17-13(3)8-5-9-14(17)10-15(19)20/h4-9H,10H2,1-3H3,(H,19,20). The molecule has 0 amide bonds. The average molecular weight is 282 g/mol. The fourth-order valence-electron chi connectivity index (χ4n) is 2.66. The molecule has 3 heteroatoms. The number of carbonyl (C=O) groups is 2. The van der Waals surface area contributed by atoms with Crippen LogP contribution in [0, 0.1) is 20.8 Å². The Hall–Kier alpha value is -2.42. The quantitative estimate of drug-likeness (QED) is 0.874. The van der Waals surface area contributed by atoms with Crippen LogP contribution in [0.4, 0.5) is 0 Å². The molecule has 0 aliphatic heterocycles. The lowest BCUT2D eigenvalue weighted by molar-refractivity contribution is -0.136. The van der Waals surface area contributed by atoms with Crippen molar-refractivity contribution in [3.63, 3.8) is 0 Å². The number of hydrogen-bond acceptors (Lipinski definition) is 2. The van der Waals surface area contributed by atoms with E-state index in [-0.39, 0.29) is 12.2 Å². The molecule has 0 aliphatic carbocycles. The van der Waals surface area contributed by atoms with E-state index in [2.05, 4.69) is 0 Å². The summed E-state index contributed by atoms with van der Waals surface area (Å²) < 4.78 is 0. The minimum Gasteiger partial charge on any atom is -0.481 e. The number of aliphatic carboxylic acids is 1. The predicted molar refractivity (Wildman–Crippen MR) is 81.9 cm³/mol. The molecule has 0 saturated carbocycles. The van der Waals surface area contributed by atoms with Crippen LogP contribution >= 0.6 is 0 Å². The van der Waals surface area contributed by atoms with Crippen LogP contribution in [0.25, 0.3) is 0 Å². The molecule has 0 saturated heterocycles. The lowest BCUT2D eigenvalue weighted by Gasteiger charge is -2.14. The normalized spacial score (nSPS) is 10.4. The summed E-state index contributed by atoms with van der Waals surface area (Å²) in [7, 11) is 0. The van der Waals surface area contributed by atoms with Gasteiger partial charge in [-0.25, -0.2) is 0 Å². The van der Waals surface area contributed by atoms with Gasteiger partial charge in [0.05, 0.1) is 6.42 Å². The van der Waals surface area contributed by atoms with Gasteiger partial charge in [-0.1, -0.05) is 36.4 Å². The van der Waals surface area contributed by atoms with E-state index in [0.717, 1.165) is 16.7 Å². The highest BCUT2D eigenvalue weighted by Gasteiger charge is 2.20. The molecule has 21 heavy (non-hydrogen) atoms. The van der Waals surface area contributed by atoms with Crippen molar-refractivity contribution in [1.82, 2.24) is 0 Å². The molecule has 0 radical (unpaired) electrons. The van der Waals surface area contributed by atoms with E-state index in [9.17, 15) is 9.59 Å². The first-order chi connectivity index (χ1) is 9.91. The second kappa shape index (κ2) is 5.92. The topological polar surface area (TPSA) is 54.4 Å². The zero-order valence-electron chi connectivity index (χ0n) is 12.4. The maximum absolute atomic E-state index is 12.9. The molecule has 0 aliphatic rings. The molecule has 0 bridgehead atoms. The van der Waals surface area contributed by atoms with Gasteiger partial charge in [0.1, 0.15) is 0 Å². The Kier molecular flexibility index (Phi) is 4.22. The molecule has 0 atom stereocenters. The van der Waals surface area contributed by atoms with Gasteiger partial charge in [0.2, 0.25) is 0 Å². The fraction of sp³-hybridized carbons (Fsp3) is 0.222. The number of ketones is 1. The average Bonchev–Trinajstić information content (AvgIpc) is 2.37. The van der Waals surface area contributed by atoms with E-state index in [0.29, 0.717) is 16.7 Å². The lowest BCUT2D eigenvalue weighted by Crippen LogP contribution is -2.13. The Bertz CT molecular complexity index is 694. The van der Waals surface area contributed by atoms with Crippen molar-refractivity contribution in [2.45, 2.75) is 27.2 Å². The van der Waals surface area contributed by atoms with Crippen LogP contribution < -0.4 is 0 Å². The van der Waals surface area contributed by atoms with E-state index in [4.69, 9.17) is 5.11 Å². The summed E-state index contributed by atoms with van der Waals surface area (Å²) in [6.45, 7) is 5.64. The summed E-state index contributed by atoms with van der Waals surface area (Å²) in [5.41, 5.74) is 4.36. The Balaban J connectivity index is 2.61. The van der Waals surface area contributed by atoms with Crippen LogP contribution in [0.3, 0.4) is 0 Å². The van der Waals surface area contributed by atoms with Crippen molar-refractivity contribution in [1.29, 1.82) is 0 Å². The van der Waals surface area contributed by atoms with E-state index >= 15 is 0 Å². The van der Waals surface area contributed by atoms with Crippen molar-refractivity contribution >= 4 is 11.8 Å². The zero-order chi connectivity index (χ0) is 15.6. The van der Waals surface area contributed by atoms with Gasteiger partial charge >= 0.3 is 5.97 Å². The summed E-state index contributed by atoms with van der Waals surface area (Å²) in [6, 6.07) is 11.0. The smallest absolute Gasteiger partial charge is 0.307 e. The van der Waals surface area contributed by atoms with Crippen LogP contribution in [0.15, 0.2) is 36.4 Å². The van der Waals surface area contributed by atoms with Gasteiger partial charge in [0, 0.05) is 11.1 Å². The highest BCUT2D eigenvalue weighted by Crippen LogP contribution is 2.23. The van der Waals surface area contributed by atoms with E-state index in [1.165, 1.54) is 0 Å². The van der Waals surface area contributed by atoms with Gasteiger partial charge in [-0.05, 0) is 43.0 Å². The number of aryl methyl sites for hydroxylation is 3. The van der Waals surface area contributed by atoms with Gasteiger partial charge in [-0.2, -0.15) is 0 Å². The van der Waals surface area contributed by atoms with Crippen LogP contribution in [-0.2, 0) is 11.2 Å². The highest BCUT2D eigenvalue weighted by molar-refractivity contribution is 6.12. The summed E-state index contributed by atoms with van der Waals surface area (Å²) in [6.07, 6.45) is -0.145. The maximum Gasteiger partial charge on any atom is 0.307 e. The van der Waals surface area contributed by atoms with Crippen LogP contribution in [0.5, 0.6) is 0 Å². The second-order valence-electron chi connectivity index (χ2n) is 5.28. The van der Waals surface area contributed by atoms with E-state index < -0.39 is 5.97 Å². The van der Waals surface area contributed by atoms with Crippen LogP contribution in [0.2, 0.25) is 0 Å². The molecule has 1 N–H and O–H groups in total. The largest absolute Gasteiger partial charge is 0.481 e. The third-order valence-corrected chi connectivity index (χ3v) is 3.64. The zero-order valence-corrected chi connectivity index (χ0v) is 12.4. The number of benzene rings is 2. The molecular formula is C18H18O3. The van der Waals surface area contributed by atoms with Gasteiger partial charge < -0.3 is 5.11 Å². The molecule has 108 valence electrons. The summed E-state index contributed by atoms with van der Waals surface area (Å²) in [5.74, 6) is -1.03. The summed E-state index contributed by atoms with van der Waals surface area (Å²) >= 11 is 0. The van der Waals surface area contributed by atoms with Crippen molar-refractivity contribution < 1.29 is 14.7 Å². The van der Waals surface area contributed by atoms with Gasteiger partial charge in [-0.3, -0.25) is 9.59 Å². The predicted octanol–water partition coefficient (Wildman–Crippen LogP) is 3.47. The minimum absolute atomic E-state index is 0.0973. The first kappa shape index (κ1) is 15.0. The number of rotatable bonds is 4. The Morgan fingerprint density at radius 1 is 0.857 bits per heavy atom. The Morgan fingerprint density at radius 2 is 1.33 bits per heavy atom. The number of carbonyl (C=O) groups excluding carboxylic acids is 1. The maximum atomic E-state index is 12.9. The van der Waals surface area contributed by atoms with Crippen LogP contribution in [0.1, 0.15) is 38.2 Å². The molecule has 2 aromatic carbocycles. The third-order valence-electron chi connectivity index (χ3n) is 3.64. The fourth-order valence-corrected chi connectivity index (χ4v) is 2.66. The van der Waals surface area contributed by atoms with Gasteiger partial charge in [-0.15, -0.1) is 0 Å². The monoisotopic (exact) mass is 282 g/mol. The lowest BCUT2D eigenvalue weighted by atomic mass is 9.89. The molecule has 0 unspecified atom stereocenters.